The summed E-state index contributed by atoms with van der Waals surface area (Å²) in [6.07, 6.45) is 6.69. The molecule has 6 heteroatoms. The van der Waals surface area contributed by atoms with Crippen molar-refractivity contribution in [2.45, 2.75) is 45.4 Å². The van der Waals surface area contributed by atoms with Crippen molar-refractivity contribution in [2.75, 3.05) is 11.9 Å². The lowest BCUT2D eigenvalue weighted by Crippen LogP contribution is -2.50. The quantitative estimate of drug-likeness (QED) is 0.718. The molecule has 0 unspecified atom stereocenters. The summed E-state index contributed by atoms with van der Waals surface area (Å²) in [5.41, 5.74) is 2.71. The van der Waals surface area contributed by atoms with Gasteiger partial charge in [0.05, 0.1) is 11.1 Å². The van der Waals surface area contributed by atoms with E-state index in [4.69, 9.17) is 4.74 Å². The van der Waals surface area contributed by atoms with E-state index >= 15 is 0 Å². The van der Waals surface area contributed by atoms with E-state index in [0.717, 1.165) is 30.5 Å². The van der Waals surface area contributed by atoms with Crippen LogP contribution in [0.2, 0.25) is 0 Å². The average molecular weight is 411 g/mol. The molecule has 4 bridgehead atoms. The monoisotopic (exact) mass is 410 g/mol. The fraction of sp³-hybridized carbons (Fsp3) is 0.522. The number of thiazole rings is 1. The molecule has 1 aromatic carbocycles. The number of aryl methyl sites for hydroxylation is 1. The van der Waals surface area contributed by atoms with E-state index < -0.39 is 0 Å². The smallest absolute Gasteiger partial charge is 0.312 e. The van der Waals surface area contributed by atoms with Crippen LogP contribution in [0, 0.1) is 30.1 Å². The van der Waals surface area contributed by atoms with Crippen molar-refractivity contribution in [1.29, 1.82) is 0 Å². The predicted octanol–water partition coefficient (Wildman–Crippen LogP) is 4.82. The van der Waals surface area contributed by atoms with Crippen molar-refractivity contribution in [2.24, 2.45) is 23.2 Å². The summed E-state index contributed by atoms with van der Waals surface area (Å²) in [5.74, 6) is 1.55. The number of carbonyl (C=O) groups is 2. The number of esters is 1. The third kappa shape index (κ3) is 3.70. The molecular formula is C23H26N2O3S. The predicted molar refractivity (Wildman–Crippen MR) is 112 cm³/mol. The number of benzene rings is 1. The molecular weight excluding hydrogens is 384 g/mol. The molecule has 29 heavy (non-hydrogen) atoms. The molecule has 4 aliphatic rings. The number of nitrogens with one attached hydrogen (secondary N) is 1. The summed E-state index contributed by atoms with van der Waals surface area (Å²) in [4.78, 5) is 29.6. The van der Waals surface area contributed by atoms with Gasteiger partial charge in [-0.3, -0.25) is 14.9 Å². The van der Waals surface area contributed by atoms with Crippen molar-refractivity contribution in [1.82, 2.24) is 4.98 Å². The van der Waals surface area contributed by atoms with Gasteiger partial charge >= 0.3 is 5.97 Å². The first-order chi connectivity index (χ1) is 14.0. The van der Waals surface area contributed by atoms with Crippen LogP contribution < -0.4 is 5.32 Å². The molecule has 4 fully saturated rings. The van der Waals surface area contributed by atoms with Crippen LogP contribution in [0.5, 0.6) is 0 Å². The zero-order valence-corrected chi connectivity index (χ0v) is 17.5. The number of aromatic nitrogens is 1. The van der Waals surface area contributed by atoms with Gasteiger partial charge in [0.2, 0.25) is 0 Å². The molecule has 1 N–H and O–H groups in total. The SMILES string of the molecule is Cc1ccc(-c2csc(NC(=O)COC(=O)C34CC5CC(CC(C5)C3)C4)n2)cc1. The Kier molecular flexibility index (Phi) is 4.69. The van der Waals surface area contributed by atoms with E-state index in [9.17, 15) is 9.59 Å². The minimum atomic E-state index is -0.326. The van der Waals surface area contributed by atoms with Gasteiger partial charge in [0.15, 0.2) is 11.7 Å². The van der Waals surface area contributed by atoms with E-state index in [2.05, 4.69) is 10.3 Å². The zero-order chi connectivity index (χ0) is 20.0. The van der Waals surface area contributed by atoms with Crippen LogP contribution in [0.15, 0.2) is 29.6 Å². The Labute approximate surface area is 174 Å². The summed E-state index contributed by atoms with van der Waals surface area (Å²) in [6, 6.07) is 8.11. The van der Waals surface area contributed by atoms with E-state index in [1.54, 1.807) is 0 Å². The van der Waals surface area contributed by atoms with Crippen molar-refractivity contribution >= 4 is 28.3 Å². The van der Waals surface area contributed by atoms with Gasteiger partial charge in [0.25, 0.3) is 5.91 Å². The van der Waals surface area contributed by atoms with Crippen molar-refractivity contribution in [3.05, 3.63) is 35.2 Å². The molecule has 0 radical (unpaired) electrons. The van der Waals surface area contributed by atoms with Gasteiger partial charge in [0, 0.05) is 10.9 Å². The third-order valence-corrected chi connectivity index (χ3v) is 7.66. The highest BCUT2D eigenvalue weighted by molar-refractivity contribution is 7.14. The first-order valence-corrected chi connectivity index (χ1v) is 11.4. The van der Waals surface area contributed by atoms with Gasteiger partial charge in [-0.1, -0.05) is 29.8 Å². The molecule has 0 aliphatic heterocycles. The van der Waals surface area contributed by atoms with Crippen molar-refractivity contribution < 1.29 is 14.3 Å². The number of hydrogen-bond donors (Lipinski definition) is 1. The van der Waals surface area contributed by atoms with Crippen molar-refractivity contribution in [3.8, 4) is 11.3 Å². The molecule has 0 saturated heterocycles. The highest BCUT2D eigenvalue weighted by Crippen LogP contribution is 2.60. The molecule has 4 aliphatic carbocycles. The van der Waals surface area contributed by atoms with Gasteiger partial charge in [-0.25, -0.2) is 4.98 Å². The lowest BCUT2D eigenvalue weighted by Gasteiger charge is -2.55. The Balaban J connectivity index is 1.17. The summed E-state index contributed by atoms with van der Waals surface area (Å²) < 4.78 is 5.49. The second-order valence-corrected chi connectivity index (χ2v) is 10.1. The Bertz CT molecular complexity index is 899. The zero-order valence-electron chi connectivity index (χ0n) is 16.6. The number of rotatable bonds is 5. The van der Waals surface area contributed by atoms with Crippen LogP contribution in [0.3, 0.4) is 0 Å². The Hall–Kier alpha value is -2.21. The molecule has 1 amide bonds. The van der Waals surface area contributed by atoms with Gasteiger partial charge in [-0.2, -0.15) is 0 Å². The van der Waals surface area contributed by atoms with Gasteiger partial charge in [-0.15, -0.1) is 11.3 Å². The number of carbonyl (C=O) groups excluding carboxylic acids is 2. The maximum Gasteiger partial charge on any atom is 0.312 e. The Morgan fingerprint density at radius 2 is 1.72 bits per heavy atom. The van der Waals surface area contributed by atoms with Gasteiger partial charge in [-0.05, 0) is 63.2 Å². The molecule has 6 rings (SSSR count). The maximum absolute atomic E-state index is 12.9. The Morgan fingerprint density at radius 1 is 1.10 bits per heavy atom. The minimum Gasteiger partial charge on any atom is -0.455 e. The largest absolute Gasteiger partial charge is 0.455 e. The summed E-state index contributed by atoms with van der Waals surface area (Å²) >= 11 is 1.37. The highest BCUT2D eigenvalue weighted by atomic mass is 32.1. The lowest BCUT2D eigenvalue weighted by atomic mass is 9.49. The third-order valence-electron chi connectivity index (χ3n) is 6.90. The Morgan fingerprint density at radius 3 is 2.34 bits per heavy atom. The van der Waals surface area contributed by atoms with Crippen molar-refractivity contribution in [3.63, 3.8) is 0 Å². The maximum atomic E-state index is 12.9. The average Bonchev–Trinajstić information content (AvgIpc) is 3.14. The summed E-state index contributed by atoms with van der Waals surface area (Å²) in [5, 5.41) is 5.21. The van der Waals surface area contributed by atoms with Gasteiger partial charge in [0.1, 0.15) is 0 Å². The number of amides is 1. The molecule has 1 aromatic heterocycles. The van der Waals surface area contributed by atoms with E-state index in [-0.39, 0.29) is 23.9 Å². The normalized spacial score (nSPS) is 29.6. The first-order valence-electron chi connectivity index (χ1n) is 10.5. The second kappa shape index (κ2) is 7.24. The minimum absolute atomic E-state index is 0.161. The first kappa shape index (κ1) is 18.8. The van der Waals surface area contributed by atoms with Crippen LogP contribution >= 0.6 is 11.3 Å². The topological polar surface area (TPSA) is 68.3 Å². The summed E-state index contributed by atoms with van der Waals surface area (Å²) in [7, 11) is 0. The second-order valence-electron chi connectivity index (χ2n) is 9.23. The van der Waals surface area contributed by atoms with Crippen LogP contribution in [-0.4, -0.2) is 23.5 Å². The van der Waals surface area contributed by atoms with Crippen LogP contribution in [0.4, 0.5) is 5.13 Å². The lowest BCUT2D eigenvalue weighted by molar-refractivity contribution is -0.172. The van der Waals surface area contributed by atoms with Crippen LogP contribution in [-0.2, 0) is 14.3 Å². The molecule has 0 spiro atoms. The summed E-state index contributed by atoms with van der Waals surface area (Å²) in [6.45, 7) is 1.81. The molecule has 152 valence electrons. The standard InChI is InChI=1S/C23H26N2O3S/c1-14-2-4-18(5-3-14)19-13-29-22(24-19)25-20(26)12-28-21(27)23-9-15-6-16(10-23)8-17(7-15)11-23/h2-5,13,15-17H,6-12H2,1H3,(H,24,25,26). The van der Waals surface area contributed by atoms with Gasteiger partial charge < -0.3 is 4.74 Å². The fourth-order valence-electron chi connectivity index (χ4n) is 5.99. The number of ether oxygens (including phenoxy) is 1. The van der Waals surface area contributed by atoms with E-state index in [0.29, 0.717) is 22.9 Å². The number of hydrogen-bond acceptors (Lipinski definition) is 5. The molecule has 5 nitrogen and oxygen atoms in total. The van der Waals surface area contributed by atoms with Crippen LogP contribution in [0.25, 0.3) is 11.3 Å². The van der Waals surface area contributed by atoms with E-state index in [1.807, 2.05) is 36.6 Å². The molecule has 4 saturated carbocycles. The molecule has 1 heterocycles. The van der Waals surface area contributed by atoms with E-state index in [1.165, 1.54) is 36.2 Å². The molecule has 2 aromatic rings. The number of nitrogens with zero attached hydrogens (tertiary/aromatic N) is 1. The highest BCUT2D eigenvalue weighted by Gasteiger charge is 2.55. The molecule has 0 atom stereocenters. The van der Waals surface area contributed by atoms with Crippen LogP contribution in [0.1, 0.15) is 44.1 Å². The fourth-order valence-corrected chi connectivity index (χ4v) is 6.72. The number of anilines is 1.